The van der Waals surface area contributed by atoms with Crippen LogP contribution in [0.5, 0.6) is 0 Å². The van der Waals surface area contributed by atoms with Crippen molar-refractivity contribution in [3.63, 3.8) is 0 Å². The number of cyclic esters (lactones) is 1. The van der Waals surface area contributed by atoms with Crippen LogP contribution in [0.1, 0.15) is 112 Å². The zero-order chi connectivity index (χ0) is 39.0. The van der Waals surface area contributed by atoms with E-state index in [1.165, 1.54) is 0 Å². The zero-order valence-electron chi connectivity index (χ0n) is 34.3. The van der Waals surface area contributed by atoms with Crippen molar-refractivity contribution in [1.29, 1.82) is 0 Å². The van der Waals surface area contributed by atoms with E-state index < -0.39 is 61.1 Å². The van der Waals surface area contributed by atoms with Crippen LogP contribution in [0.15, 0.2) is 11.6 Å². The molecular formula is C43H69NO11. The maximum absolute atomic E-state index is 12.7. The minimum Gasteiger partial charge on any atom is -0.458 e. The van der Waals surface area contributed by atoms with Gasteiger partial charge in [-0.1, -0.05) is 20.8 Å². The van der Waals surface area contributed by atoms with E-state index in [1.807, 2.05) is 20.8 Å². The Hall–Kier alpha value is -1.19. The minimum absolute atomic E-state index is 0.0330. The lowest BCUT2D eigenvalue weighted by molar-refractivity contribution is -0.329. The fourth-order valence-corrected chi connectivity index (χ4v) is 13.4. The summed E-state index contributed by atoms with van der Waals surface area (Å²) in [5.74, 6) is 1.46. The summed E-state index contributed by atoms with van der Waals surface area (Å²) in [4.78, 5) is 14.2. The predicted molar refractivity (Wildman–Crippen MR) is 201 cm³/mol. The van der Waals surface area contributed by atoms with Crippen molar-refractivity contribution in [2.45, 2.75) is 185 Å². The lowest BCUT2D eigenvalue weighted by atomic mass is 9.41. The van der Waals surface area contributed by atoms with E-state index in [0.717, 1.165) is 76.5 Å². The van der Waals surface area contributed by atoms with E-state index in [1.54, 1.807) is 6.08 Å². The smallest absolute Gasteiger partial charge is 0.331 e. The van der Waals surface area contributed by atoms with Crippen LogP contribution in [0.25, 0.3) is 0 Å². The number of fused-ring (bicyclic) bond motifs is 5. The summed E-state index contributed by atoms with van der Waals surface area (Å²) >= 11 is 0. The number of ether oxygens (including phenoxy) is 7. The molecule has 0 bridgehead atoms. The summed E-state index contributed by atoms with van der Waals surface area (Å²) in [7, 11) is 2.07. The van der Waals surface area contributed by atoms with Crippen LogP contribution in [0.2, 0.25) is 0 Å². The van der Waals surface area contributed by atoms with Gasteiger partial charge < -0.3 is 53.4 Å². The first kappa shape index (κ1) is 40.6. The second-order valence-electron chi connectivity index (χ2n) is 19.6. The van der Waals surface area contributed by atoms with Gasteiger partial charge in [-0.2, -0.15) is 0 Å². The molecule has 3 saturated heterocycles. The van der Waals surface area contributed by atoms with E-state index in [4.69, 9.17) is 33.2 Å². The number of carbonyl (C=O) groups is 1. The first-order chi connectivity index (χ1) is 26.1. The average Bonchev–Trinajstić information content (AvgIpc) is 3.62. The highest BCUT2D eigenvalue weighted by molar-refractivity contribution is 5.85. The van der Waals surface area contributed by atoms with Crippen molar-refractivity contribution in [2.24, 2.45) is 40.4 Å². The lowest BCUT2D eigenvalue weighted by Crippen LogP contribution is -2.65. The van der Waals surface area contributed by atoms with Crippen LogP contribution in [0.4, 0.5) is 0 Å². The Morgan fingerprint density at radius 2 is 1.45 bits per heavy atom. The maximum atomic E-state index is 12.7. The van der Waals surface area contributed by atoms with Crippen LogP contribution in [-0.4, -0.2) is 126 Å². The second kappa shape index (κ2) is 15.4. The standard InChI is InChI=1S/C43H69NO11/c1-23-16-32-31(43(48)14-11-30(42(23,43)6)27-17-35(47)49-22-27)9-8-28-18-29(10-13-41(28,32)5)53-37-19-33(45)40(26(4)51-37)55-38-20-34(46)39(25(3)52-38)54-36-12-15-44(7)21-24(2)50-36/h17,23-26,28-34,36-40,45-46,48H,8-16,18-22H2,1-7H3/t23-,24?,25-,26-,28?,29-,30+,31?,32?,33-,34-,36?,37-,38-,39+,40+,41-,42+,43-/m0/s1. The van der Waals surface area contributed by atoms with Gasteiger partial charge in [0.2, 0.25) is 0 Å². The highest BCUT2D eigenvalue weighted by Crippen LogP contribution is 2.71. The Bertz CT molecular complexity index is 1410. The topological polar surface area (TPSA) is 146 Å². The van der Waals surface area contributed by atoms with E-state index in [2.05, 4.69) is 32.7 Å². The molecule has 5 unspecified atom stereocenters. The molecule has 7 fully saturated rings. The Morgan fingerprint density at radius 1 is 0.782 bits per heavy atom. The molecule has 0 aromatic carbocycles. The number of hydrogen-bond acceptors (Lipinski definition) is 12. The lowest BCUT2D eigenvalue weighted by Gasteiger charge is -2.65. The molecule has 4 aliphatic carbocycles. The minimum atomic E-state index is -0.806. The quantitative estimate of drug-likeness (QED) is 0.244. The number of aliphatic hydroxyl groups is 3. The summed E-state index contributed by atoms with van der Waals surface area (Å²) in [5, 5.41) is 35.2. The predicted octanol–water partition coefficient (Wildman–Crippen LogP) is 4.70. The third-order valence-electron chi connectivity index (χ3n) is 16.4. The second-order valence-corrected chi connectivity index (χ2v) is 19.6. The Morgan fingerprint density at radius 3 is 2.11 bits per heavy atom. The van der Waals surface area contributed by atoms with Gasteiger partial charge in [-0.15, -0.1) is 0 Å². The monoisotopic (exact) mass is 775 g/mol. The molecule has 12 nitrogen and oxygen atoms in total. The fraction of sp³-hybridized carbons (Fsp3) is 0.930. The van der Waals surface area contributed by atoms with Crippen molar-refractivity contribution < 1.29 is 53.3 Å². The summed E-state index contributed by atoms with van der Waals surface area (Å²) in [6.45, 7) is 15.0. The van der Waals surface area contributed by atoms with Crippen molar-refractivity contribution in [2.75, 3.05) is 26.7 Å². The Labute approximate surface area is 327 Å². The summed E-state index contributed by atoms with van der Waals surface area (Å²) < 4.78 is 43.2. The van der Waals surface area contributed by atoms with Gasteiger partial charge in [-0.3, -0.25) is 0 Å². The third-order valence-corrected chi connectivity index (χ3v) is 16.4. The van der Waals surface area contributed by atoms with Gasteiger partial charge in [0.15, 0.2) is 18.9 Å². The van der Waals surface area contributed by atoms with E-state index in [0.29, 0.717) is 30.8 Å². The molecule has 19 atom stereocenters. The van der Waals surface area contributed by atoms with Gasteiger partial charge in [0.25, 0.3) is 0 Å². The average molecular weight is 776 g/mol. The Balaban J connectivity index is 0.837. The van der Waals surface area contributed by atoms with Crippen LogP contribution < -0.4 is 0 Å². The molecule has 0 amide bonds. The van der Waals surface area contributed by atoms with E-state index >= 15 is 0 Å². The molecule has 0 radical (unpaired) electrons. The van der Waals surface area contributed by atoms with Crippen molar-refractivity contribution in [3.05, 3.63) is 11.6 Å². The summed E-state index contributed by atoms with van der Waals surface area (Å²) in [6, 6.07) is 0. The highest BCUT2D eigenvalue weighted by Gasteiger charge is 2.70. The maximum Gasteiger partial charge on any atom is 0.331 e. The van der Waals surface area contributed by atoms with Gasteiger partial charge in [0, 0.05) is 43.8 Å². The molecule has 312 valence electrons. The van der Waals surface area contributed by atoms with Crippen LogP contribution in [0.3, 0.4) is 0 Å². The van der Waals surface area contributed by atoms with Gasteiger partial charge >= 0.3 is 5.97 Å². The molecule has 8 aliphatic rings. The molecule has 4 saturated carbocycles. The number of aliphatic hydroxyl groups excluding tert-OH is 2. The first-order valence-electron chi connectivity index (χ1n) is 21.7. The summed E-state index contributed by atoms with van der Waals surface area (Å²) in [6.07, 6.45) is 5.56. The molecule has 0 aromatic heterocycles. The molecule has 55 heavy (non-hydrogen) atoms. The van der Waals surface area contributed by atoms with E-state index in [9.17, 15) is 20.1 Å². The van der Waals surface area contributed by atoms with E-state index in [-0.39, 0.29) is 47.3 Å². The van der Waals surface area contributed by atoms with Crippen LogP contribution >= 0.6 is 0 Å². The number of likely N-dealkylation sites (N-methyl/N-ethyl adjacent to an activating group) is 1. The number of carbonyl (C=O) groups excluding carboxylic acids is 1. The normalized spacial score (nSPS) is 53.4. The molecule has 4 heterocycles. The SMILES string of the molecule is CC1CN(C)CCC(O[C@@H]2[C@H](C)O[C@@H](O[C@@H]3[C@H](C)O[C@@H](O[C@H]4CC[C@@]5(C)C(CCC6C5C[C@H](C)[C@]5(C)[C@@H](C7=CC(=O)OC7)CC[C@]65O)C4)C[C@@H]3O)C[C@@H]2O)O1. The fourth-order valence-electron chi connectivity index (χ4n) is 13.4. The molecule has 12 heteroatoms. The number of nitrogens with zero attached hydrogens (tertiary/aromatic N) is 1. The summed E-state index contributed by atoms with van der Waals surface area (Å²) in [5.41, 5.74) is 0.183. The van der Waals surface area contributed by atoms with Crippen LogP contribution in [0, 0.1) is 40.4 Å². The highest BCUT2D eigenvalue weighted by atomic mass is 16.7. The molecule has 0 spiro atoms. The van der Waals surface area contributed by atoms with Crippen molar-refractivity contribution >= 4 is 5.97 Å². The molecule has 4 aliphatic heterocycles. The van der Waals surface area contributed by atoms with Gasteiger partial charge in [0.05, 0.1) is 42.2 Å². The number of rotatable bonds is 7. The zero-order valence-corrected chi connectivity index (χ0v) is 34.3. The molecule has 8 rings (SSSR count). The molecule has 0 aromatic rings. The largest absolute Gasteiger partial charge is 0.458 e. The molecule has 3 N–H and O–H groups in total. The third kappa shape index (κ3) is 7.28. The van der Waals surface area contributed by atoms with Crippen molar-refractivity contribution in [1.82, 2.24) is 4.90 Å². The van der Waals surface area contributed by atoms with Crippen molar-refractivity contribution in [3.8, 4) is 0 Å². The van der Waals surface area contributed by atoms with Gasteiger partial charge in [-0.05, 0) is 120 Å². The van der Waals surface area contributed by atoms with Gasteiger partial charge in [-0.25, -0.2) is 4.79 Å². The first-order valence-corrected chi connectivity index (χ1v) is 21.7. The van der Waals surface area contributed by atoms with Crippen LogP contribution in [-0.2, 0) is 38.0 Å². The molecular weight excluding hydrogens is 706 g/mol. The Kier molecular flexibility index (Phi) is 11.4. The number of hydrogen-bond donors (Lipinski definition) is 3. The van der Waals surface area contributed by atoms with Gasteiger partial charge in [0.1, 0.15) is 18.8 Å². The number of esters is 1.